The van der Waals surface area contributed by atoms with Gasteiger partial charge in [0.05, 0.1) is 24.3 Å². The quantitative estimate of drug-likeness (QED) is 0.564. The maximum absolute atomic E-state index is 13.0. The molecule has 0 N–H and O–H groups in total. The van der Waals surface area contributed by atoms with E-state index in [-0.39, 0.29) is 24.4 Å². The number of amides is 1. The molecule has 1 aliphatic heterocycles. The van der Waals surface area contributed by atoms with E-state index in [1.807, 2.05) is 30.3 Å². The topological polar surface area (TPSA) is 81.5 Å². The normalized spacial score (nSPS) is 15.4. The summed E-state index contributed by atoms with van der Waals surface area (Å²) in [6.07, 6.45) is 1.92. The molecule has 0 spiro atoms. The Morgan fingerprint density at radius 3 is 2.83 bits per heavy atom. The summed E-state index contributed by atoms with van der Waals surface area (Å²) in [5.74, 6) is -0.699. The van der Waals surface area contributed by atoms with E-state index >= 15 is 0 Å². The smallest absolute Gasteiger partial charge is 0.329 e. The largest absolute Gasteiger partial charge is 0.467 e. The summed E-state index contributed by atoms with van der Waals surface area (Å²) in [6, 6.07) is 12.0. The number of para-hydroxylation sites is 1. The Balaban J connectivity index is 1.59. The Morgan fingerprint density at radius 1 is 1.24 bits per heavy atom. The molecule has 1 atom stereocenters. The van der Waals surface area contributed by atoms with Gasteiger partial charge in [-0.05, 0) is 29.8 Å². The van der Waals surface area contributed by atoms with Crippen LogP contribution >= 0.6 is 15.9 Å². The SMILES string of the molecule is COC(=O)C1Cc2ccccc2N1C(=O)CCn1cnc2ccc(Br)cc2c1=O. The maximum atomic E-state index is 13.0. The van der Waals surface area contributed by atoms with Gasteiger partial charge in [0.1, 0.15) is 6.04 Å². The highest BCUT2D eigenvalue weighted by atomic mass is 79.9. The number of carbonyl (C=O) groups is 2. The second kappa shape index (κ2) is 7.79. The zero-order valence-corrected chi connectivity index (χ0v) is 17.3. The molecule has 0 saturated carbocycles. The number of ether oxygens (including phenoxy) is 1. The molecule has 7 nitrogen and oxygen atoms in total. The lowest BCUT2D eigenvalue weighted by Crippen LogP contribution is -2.44. The number of aryl methyl sites for hydroxylation is 1. The van der Waals surface area contributed by atoms with Crippen LogP contribution in [0.4, 0.5) is 5.69 Å². The van der Waals surface area contributed by atoms with Crippen molar-refractivity contribution in [2.75, 3.05) is 12.0 Å². The molecule has 29 heavy (non-hydrogen) atoms. The highest BCUT2D eigenvalue weighted by Gasteiger charge is 2.38. The van der Waals surface area contributed by atoms with Gasteiger partial charge >= 0.3 is 5.97 Å². The minimum atomic E-state index is -0.688. The van der Waals surface area contributed by atoms with Crippen LogP contribution in [0.5, 0.6) is 0 Å². The minimum absolute atomic E-state index is 0.0585. The molecule has 148 valence electrons. The third-order valence-electron chi connectivity index (χ3n) is 5.07. The number of nitrogens with zero attached hydrogens (tertiary/aromatic N) is 3. The van der Waals surface area contributed by atoms with Crippen LogP contribution in [0.2, 0.25) is 0 Å². The molecular formula is C21H18BrN3O4. The second-order valence-corrected chi connectivity index (χ2v) is 7.71. The van der Waals surface area contributed by atoms with E-state index in [2.05, 4.69) is 20.9 Å². The van der Waals surface area contributed by atoms with Crippen molar-refractivity contribution in [3.05, 3.63) is 69.2 Å². The van der Waals surface area contributed by atoms with E-state index in [9.17, 15) is 14.4 Å². The molecule has 1 unspecified atom stereocenters. The Morgan fingerprint density at radius 2 is 2.03 bits per heavy atom. The first-order chi connectivity index (χ1) is 14.0. The molecule has 0 aliphatic carbocycles. The van der Waals surface area contributed by atoms with Gasteiger partial charge in [-0.25, -0.2) is 9.78 Å². The summed E-state index contributed by atoms with van der Waals surface area (Å²) in [7, 11) is 1.31. The summed E-state index contributed by atoms with van der Waals surface area (Å²) in [5.41, 5.74) is 2.02. The molecule has 0 fully saturated rings. The zero-order valence-electron chi connectivity index (χ0n) is 15.7. The lowest BCUT2D eigenvalue weighted by molar-refractivity contribution is -0.143. The van der Waals surface area contributed by atoms with Crippen molar-refractivity contribution in [2.45, 2.75) is 25.4 Å². The minimum Gasteiger partial charge on any atom is -0.467 e. The number of aromatic nitrogens is 2. The standard InChI is InChI=1S/C21H18BrN3O4/c1-29-21(28)18-10-13-4-2-3-5-17(13)25(18)19(26)8-9-24-12-23-16-7-6-14(22)11-15(16)20(24)27/h2-7,11-12,18H,8-10H2,1H3. The van der Waals surface area contributed by atoms with Gasteiger partial charge in [-0.1, -0.05) is 34.1 Å². The van der Waals surface area contributed by atoms with E-state index < -0.39 is 12.0 Å². The number of esters is 1. The molecule has 4 rings (SSSR count). The maximum Gasteiger partial charge on any atom is 0.329 e. The molecular weight excluding hydrogens is 438 g/mol. The van der Waals surface area contributed by atoms with Gasteiger partial charge in [0.2, 0.25) is 5.91 Å². The van der Waals surface area contributed by atoms with Crippen LogP contribution in [0, 0.1) is 0 Å². The molecule has 2 heterocycles. The molecule has 0 bridgehead atoms. The first-order valence-corrected chi connectivity index (χ1v) is 9.91. The van der Waals surface area contributed by atoms with Gasteiger partial charge in [-0.3, -0.25) is 19.1 Å². The molecule has 0 radical (unpaired) electrons. The number of hydrogen-bond acceptors (Lipinski definition) is 5. The van der Waals surface area contributed by atoms with E-state index in [0.29, 0.717) is 23.0 Å². The van der Waals surface area contributed by atoms with Crippen molar-refractivity contribution >= 4 is 44.4 Å². The fraction of sp³-hybridized carbons (Fsp3) is 0.238. The first kappa shape index (κ1) is 19.3. The van der Waals surface area contributed by atoms with Crippen molar-refractivity contribution in [1.29, 1.82) is 0 Å². The van der Waals surface area contributed by atoms with E-state index in [4.69, 9.17) is 4.74 Å². The average molecular weight is 456 g/mol. The fourth-order valence-corrected chi connectivity index (χ4v) is 4.01. The molecule has 3 aromatic rings. The molecule has 1 amide bonds. The monoisotopic (exact) mass is 455 g/mol. The number of anilines is 1. The fourth-order valence-electron chi connectivity index (χ4n) is 3.65. The summed E-state index contributed by atoms with van der Waals surface area (Å²) in [4.78, 5) is 43.7. The Bertz CT molecular complexity index is 1170. The van der Waals surface area contributed by atoms with Crippen molar-refractivity contribution in [1.82, 2.24) is 9.55 Å². The highest BCUT2D eigenvalue weighted by Crippen LogP contribution is 2.33. The van der Waals surface area contributed by atoms with E-state index in [1.165, 1.54) is 22.9 Å². The van der Waals surface area contributed by atoms with E-state index in [1.54, 1.807) is 12.1 Å². The number of hydrogen-bond donors (Lipinski definition) is 0. The van der Waals surface area contributed by atoms with Crippen LogP contribution in [0.1, 0.15) is 12.0 Å². The van der Waals surface area contributed by atoms with Crippen LogP contribution in [-0.2, 0) is 27.3 Å². The second-order valence-electron chi connectivity index (χ2n) is 6.79. The van der Waals surface area contributed by atoms with Crippen LogP contribution in [0.15, 0.2) is 58.1 Å². The number of halogens is 1. The number of methoxy groups -OCH3 is 1. The first-order valence-electron chi connectivity index (χ1n) is 9.12. The van der Waals surface area contributed by atoms with Crippen molar-refractivity contribution < 1.29 is 14.3 Å². The number of rotatable bonds is 4. The molecule has 2 aromatic carbocycles. The Kier molecular flexibility index (Phi) is 5.19. The van der Waals surface area contributed by atoms with Gasteiger partial charge in [-0.2, -0.15) is 0 Å². The predicted octanol–water partition coefficient (Wildman–Crippen LogP) is 2.68. The van der Waals surface area contributed by atoms with Crippen LogP contribution < -0.4 is 10.5 Å². The molecule has 8 heteroatoms. The highest BCUT2D eigenvalue weighted by molar-refractivity contribution is 9.10. The summed E-state index contributed by atoms with van der Waals surface area (Å²) in [5, 5.41) is 0.480. The van der Waals surface area contributed by atoms with Crippen LogP contribution in [0.25, 0.3) is 10.9 Å². The van der Waals surface area contributed by atoms with Gasteiger partial charge in [0, 0.05) is 29.5 Å². The van der Waals surface area contributed by atoms with Crippen LogP contribution in [-0.4, -0.2) is 34.6 Å². The third kappa shape index (κ3) is 3.55. The van der Waals surface area contributed by atoms with Gasteiger partial charge in [0.15, 0.2) is 0 Å². The summed E-state index contributed by atoms with van der Waals surface area (Å²) in [6.45, 7) is 0.166. The number of carbonyl (C=O) groups excluding carboxylic acids is 2. The Labute approximate surface area is 175 Å². The lowest BCUT2D eigenvalue weighted by Gasteiger charge is -2.24. The van der Waals surface area contributed by atoms with Crippen molar-refractivity contribution in [3.63, 3.8) is 0 Å². The van der Waals surface area contributed by atoms with Crippen molar-refractivity contribution in [2.24, 2.45) is 0 Å². The Hall–Kier alpha value is -3.00. The van der Waals surface area contributed by atoms with Crippen LogP contribution in [0.3, 0.4) is 0 Å². The van der Waals surface area contributed by atoms with Gasteiger partial charge in [-0.15, -0.1) is 0 Å². The lowest BCUT2D eigenvalue weighted by atomic mass is 10.1. The number of fused-ring (bicyclic) bond motifs is 2. The molecule has 1 aliphatic rings. The molecule has 0 saturated heterocycles. The van der Waals surface area contributed by atoms with Gasteiger partial charge in [0.25, 0.3) is 5.56 Å². The zero-order chi connectivity index (χ0) is 20.5. The summed E-state index contributed by atoms with van der Waals surface area (Å²) < 4.78 is 7.09. The summed E-state index contributed by atoms with van der Waals surface area (Å²) >= 11 is 3.36. The molecule has 1 aromatic heterocycles. The number of benzene rings is 2. The van der Waals surface area contributed by atoms with Gasteiger partial charge < -0.3 is 4.74 Å². The van der Waals surface area contributed by atoms with Crippen molar-refractivity contribution in [3.8, 4) is 0 Å². The van der Waals surface area contributed by atoms with E-state index in [0.717, 1.165) is 10.0 Å². The third-order valence-corrected chi connectivity index (χ3v) is 5.56. The predicted molar refractivity (Wildman–Crippen MR) is 112 cm³/mol. The average Bonchev–Trinajstić information content (AvgIpc) is 3.12.